The molecule has 1 heterocycles. The molecular formula is C10H11BrN2O2. The van der Waals surface area contributed by atoms with Crippen LogP contribution in [0.15, 0.2) is 33.8 Å². The van der Waals surface area contributed by atoms with Crippen LogP contribution in [0.1, 0.15) is 10.4 Å². The van der Waals surface area contributed by atoms with Gasteiger partial charge < -0.3 is 9.88 Å². The van der Waals surface area contributed by atoms with E-state index in [1.807, 2.05) is 0 Å². The number of halogens is 1. The number of nitrogens with zero attached hydrogens (tertiary/aromatic N) is 1. The number of carbonyl (C=O) groups is 1. The maximum atomic E-state index is 11.6. The van der Waals surface area contributed by atoms with Crippen LogP contribution in [-0.2, 0) is 0 Å². The zero-order chi connectivity index (χ0) is 11.4. The Kier molecular flexibility index (Phi) is 3.85. The van der Waals surface area contributed by atoms with Crippen LogP contribution in [0.3, 0.4) is 0 Å². The number of aromatic nitrogens is 1. The lowest BCUT2D eigenvalue weighted by Crippen LogP contribution is -2.16. The van der Waals surface area contributed by atoms with Crippen LogP contribution in [0.4, 0.5) is 0 Å². The number of nitrogens with one attached hydrogen (secondary N) is 1. The minimum absolute atomic E-state index is 0.127. The van der Waals surface area contributed by atoms with Crippen molar-refractivity contribution in [3.8, 4) is 0 Å². The summed E-state index contributed by atoms with van der Waals surface area (Å²) in [6.07, 6.45) is 4.45. The Labute approximate surface area is 95.7 Å². The van der Waals surface area contributed by atoms with Gasteiger partial charge in [0, 0.05) is 37.0 Å². The number of carbonyl (C=O) groups excluding carboxylic acids is 1. The van der Waals surface area contributed by atoms with Gasteiger partial charge in [-0.3, -0.25) is 9.59 Å². The second kappa shape index (κ2) is 4.93. The third-order valence-electron chi connectivity index (χ3n) is 1.66. The quantitative estimate of drug-likeness (QED) is 0.667. The molecule has 5 heteroatoms. The molecule has 0 aliphatic carbocycles. The van der Waals surface area contributed by atoms with Crippen LogP contribution in [0.25, 0.3) is 0 Å². The number of aromatic amines is 1. The van der Waals surface area contributed by atoms with Crippen molar-refractivity contribution in [1.29, 1.82) is 0 Å². The van der Waals surface area contributed by atoms with Crippen LogP contribution in [-0.4, -0.2) is 29.8 Å². The highest BCUT2D eigenvalue weighted by Crippen LogP contribution is 2.07. The minimum Gasteiger partial charge on any atom is -0.383 e. The van der Waals surface area contributed by atoms with Crippen molar-refractivity contribution in [2.75, 3.05) is 14.1 Å². The summed E-state index contributed by atoms with van der Waals surface area (Å²) < 4.78 is 0.670. The lowest BCUT2D eigenvalue weighted by molar-refractivity contribution is 0.104. The van der Waals surface area contributed by atoms with Gasteiger partial charge in [-0.2, -0.15) is 0 Å². The van der Waals surface area contributed by atoms with Crippen LogP contribution in [0.5, 0.6) is 0 Å². The Hall–Kier alpha value is -1.36. The van der Waals surface area contributed by atoms with E-state index < -0.39 is 0 Å². The van der Waals surface area contributed by atoms with E-state index in [0.29, 0.717) is 4.47 Å². The molecule has 0 aliphatic rings. The second-order valence-electron chi connectivity index (χ2n) is 3.20. The molecule has 0 unspecified atom stereocenters. The Balaban J connectivity index is 3.01. The molecule has 0 bridgehead atoms. The highest BCUT2D eigenvalue weighted by Gasteiger charge is 2.07. The molecule has 80 valence electrons. The van der Waals surface area contributed by atoms with E-state index in [1.165, 1.54) is 18.3 Å². The van der Waals surface area contributed by atoms with E-state index in [0.717, 1.165) is 0 Å². The number of H-pyrrole nitrogens is 1. The summed E-state index contributed by atoms with van der Waals surface area (Å²) in [6, 6.07) is 1.50. The SMILES string of the molecule is CN(C)/C=C/C(=O)c1cc(Br)c[nH]c1=O. The van der Waals surface area contributed by atoms with Gasteiger partial charge in [-0.15, -0.1) is 0 Å². The number of hydrogen-bond donors (Lipinski definition) is 1. The van der Waals surface area contributed by atoms with Crippen molar-refractivity contribution in [2.24, 2.45) is 0 Å². The molecule has 1 N–H and O–H groups in total. The van der Waals surface area contributed by atoms with Gasteiger partial charge in [0.1, 0.15) is 0 Å². The standard InChI is InChI=1S/C10H11BrN2O2/c1-13(2)4-3-9(14)8-5-7(11)6-12-10(8)15/h3-6H,1-2H3,(H,12,15)/b4-3+. The molecule has 1 aromatic heterocycles. The number of ketones is 1. The molecule has 0 atom stereocenters. The first-order valence-corrected chi connectivity index (χ1v) is 5.07. The Morgan fingerprint density at radius 3 is 2.80 bits per heavy atom. The molecule has 0 aromatic carbocycles. The molecule has 0 radical (unpaired) electrons. The Morgan fingerprint density at radius 2 is 2.20 bits per heavy atom. The molecule has 4 nitrogen and oxygen atoms in total. The van der Waals surface area contributed by atoms with Gasteiger partial charge in [-0.05, 0) is 22.0 Å². The van der Waals surface area contributed by atoms with E-state index in [4.69, 9.17) is 0 Å². The normalized spacial score (nSPS) is 10.6. The molecule has 0 saturated carbocycles. The van der Waals surface area contributed by atoms with Crippen molar-refractivity contribution in [3.63, 3.8) is 0 Å². The molecule has 0 fully saturated rings. The fourth-order valence-corrected chi connectivity index (χ4v) is 1.29. The van der Waals surface area contributed by atoms with Crippen LogP contribution >= 0.6 is 15.9 Å². The molecule has 1 aromatic rings. The predicted molar refractivity (Wildman–Crippen MR) is 61.9 cm³/mol. The van der Waals surface area contributed by atoms with E-state index >= 15 is 0 Å². The van der Waals surface area contributed by atoms with Gasteiger partial charge in [0.2, 0.25) is 0 Å². The summed E-state index contributed by atoms with van der Waals surface area (Å²) in [5.41, 5.74) is -0.255. The fraction of sp³-hybridized carbons (Fsp3) is 0.200. The van der Waals surface area contributed by atoms with Crippen molar-refractivity contribution in [2.45, 2.75) is 0 Å². The first kappa shape index (κ1) is 11.7. The summed E-state index contributed by atoms with van der Waals surface area (Å²) in [7, 11) is 3.60. The topological polar surface area (TPSA) is 53.2 Å². The lowest BCUT2D eigenvalue weighted by atomic mass is 10.2. The molecule has 0 aliphatic heterocycles. The maximum absolute atomic E-state index is 11.6. The highest BCUT2D eigenvalue weighted by atomic mass is 79.9. The maximum Gasteiger partial charge on any atom is 0.259 e. The first-order valence-electron chi connectivity index (χ1n) is 4.28. The van der Waals surface area contributed by atoms with Crippen LogP contribution < -0.4 is 5.56 Å². The number of pyridine rings is 1. The first-order chi connectivity index (χ1) is 7.00. The lowest BCUT2D eigenvalue weighted by Gasteiger charge is -2.02. The van der Waals surface area contributed by atoms with Gasteiger partial charge in [0.05, 0.1) is 5.56 Å². The molecular weight excluding hydrogens is 260 g/mol. The Bertz CT molecular complexity index is 449. The zero-order valence-electron chi connectivity index (χ0n) is 8.45. The van der Waals surface area contributed by atoms with E-state index in [-0.39, 0.29) is 16.9 Å². The average Bonchev–Trinajstić information content (AvgIpc) is 2.18. The van der Waals surface area contributed by atoms with Gasteiger partial charge in [0.15, 0.2) is 5.78 Å². The van der Waals surface area contributed by atoms with Gasteiger partial charge in [-0.1, -0.05) is 0 Å². The molecule has 0 saturated heterocycles. The van der Waals surface area contributed by atoms with Gasteiger partial charge in [0.25, 0.3) is 5.56 Å². The zero-order valence-corrected chi connectivity index (χ0v) is 10.0. The summed E-state index contributed by atoms with van der Waals surface area (Å²) in [5, 5.41) is 0. The smallest absolute Gasteiger partial charge is 0.259 e. The number of hydrogen-bond acceptors (Lipinski definition) is 3. The van der Waals surface area contributed by atoms with Crippen LogP contribution in [0.2, 0.25) is 0 Å². The summed E-state index contributed by atoms with van der Waals surface area (Å²) in [5.74, 6) is -0.314. The van der Waals surface area contributed by atoms with E-state index in [2.05, 4.69) is 20.9 Å². The van der Waals surface area contributed by atoms with Gasteiger partial charge >= 0.3 is 0 Å². The third-order valence-corrected chi connectivity index (χ3v) is 2.12. The largest absolute Gasteiger partial charge is 0.383 e. The average molecular weight is 271 g/mol. The van der Waals surface area contributed by atoms with E-state index in [1.54, 1.807) is 25.2 Å². The van der Waals surface area contributed by atoms with Crippen molar-refractivity contribution in [1.82, 2.24) is 9.88 Å². The highest BCUT2D eigenvalue weighted by molar-refractivity contribution is 9.10. The van der Waals surface area contributed by atoms with Crippen molar-refractivity contribution in [3.05, 3.63) is 44.9 Å². The third kappa shape index (κ3) is 3.36. The van der Waals surface area contributed by atoms with E-state index in [9.17, 15) is 9.59 Å². The van der Waals surface area contributed by atoms with Crippen LogP contribution in [0, 0.1) is 0 Å². The Morgan fingerprint density at radius 1 is 1.53 bits per heavy atom. The van der Waals surface area contributed by atoms with Crippen molar-refractivity contribution >= 4 is 21.7 Å². The van der Waals surface area contributed by atoms with Crippen molar-refractivity contribution < 1.29 is 4.79 Å². The molecule has 1 rings (SSSR count). The monoisotopic (exact) mass is 270 g/mol. The number of rotatable bonds is 3. The summed E-state index contributed by atoms with van der Waals surface area (Å²) >= 11 is 3.19. The molecule has 0 spiro atoms. The minimum atomic E-state index is -0.383. The summed E-state index contributed by atoms with van der Waals surface area (Å²) in [4.78, 5) is 27.1. The predicted octanol–water partition coefficient (Wildman–Crippen LogP) is 1.40. The molecule has 0 amide bonds. The molecule has 15 heavy (non-hydrogen) atoms. The summed E-state index contributed by atoms with van der Waals surface area (Å²) in [6.45, 7) is 0. The van der Waals surface area contributed by atoms with Gasteiger partial charge in [-0.25, -0.2) is 0 Å². The fourth-order valence-electron chi connectivity index (χ4n) is 0.947. The second-order valence-corrected chi connectivity index (χ2v) is 4.12. The number of allylic oxidation sites excluding steroid dienone is 1.